The van der Waals surface area contributed by atoms with Crippen molar-refractivity contribution in [2.45, 2.75) is 46.1 Å². The number of nitrogens with zero attached hydrogens (tertiary/aromatic N) is 4. The number of nitrogens with two attached hydrogens (primary N) is 1. The maximum absolute atomic E-state index is 6.09. The van der Waals surface area contributed by atoms with E-state index in [0.29, 0.717) is 17.8 Å². The Labute approximate surface area is 122 Å². The molecule has 0 radical (unpaired) electrons. The van der Waals surface area contributed by atoms with E-state index in [4.69, 9.17) is 10.7 Å². The molecule has 0 aliphatic carbocycles. The summed E-state index contributed by atoms with van der Waals surface area (Å²) in [4.78, 5) is 14.0. The minimum absolute atomic E-state index is 0.293. The van der Waals surface area contributed by atoms with Crippen molar-refractivity contribution in [3.05, 3.63) is 11.4 Å². The Hall–Kier alpha value is -1.36. The van der Waals surface area contributed by atoms with Crippen LogP contribution in [-0.4, -0.2) is 47.6 Å². The highest BCUT2D eigenvalue weighted by Gasteiger charge is 2.24. The highest BCUT2D eigenvalue weighted by atomic mass is 15.3. The topological polar surface area (TPSA) is 58.3 Å². The van der Waals surface area contributed by atoms with Crippen molar-refractivity contribution in [2.24, 2.45) is 0 Å². The molecule has 1 fully saturated rings. The number of rotatable bonds is 2. The predicted molar refractivity (Wildman–Crippen MR) is 84.2 cm³/mol. The van der Waals surface area contributed by atoms with Gasteiger partial charge in [0.15, 0.2) is 0 Å². The zero-order chi connectivity index (χ0) is 14.9. The molecule has 1 unspecified atom stereocenters. The largest absolute Gasteiger partial charge is 0.383 e. The minimum atomic E-state index is 0.293. The second kappa shape index (κ2) is 5.95. The van der Waals surface area contributed by atoms with Crippen molar-refractivity contribution < 1.29 is 0 Å². The first-order valence-corrected chi connectivity index (χ1v) is 7.49. The molecule has 2 N–H and O–H groups in total. The van der Waals surface area contributed by atoms with Crippen LogP contribution in [-0.2, 0) is 0 Å². The second-order valence-corrected chi connectivity index (χ2v) is 6.23. The van der Waals surface area contributed by atoms with Crippen molar-refractivity contribution >= 4 is 11.6 Å². The molecule has 112 valence electrons. The molecular weight excluding hydrogens is 250 g/mol. The number of hydrogen-bond donors (Lipinski definition) is 1. The van der Waals surface area contributed by atoms with Crippen molar-refractivity contribution in [1.82, 2.24) is 14.9 Å². The first-order chi connectivity index (χ1) is 9.40. The van der Waals surface area contributed by atoms with Crippen molar-refractivity contribution in [1.29, 1.82) is 0 Å². The van der Waals surface area contributed by atoms with E-state index in [-0.39, 0.29) is 0 Å². The molecule has 2 rings (SSSR count). The number of hydrogen-bond acceptors (Lipinski definition) is 5. The van der Waals surface area contributed by atoms with Gasteiger partial charge in [0.2, 0.25) is 0 Å². The molecule has 1 aliphatic rings. The van der Waals surface area contributed by atoms with Gasteiger partial charge in [-0.2, -0.15) is 0 Å². The van der Waals surface area contributed by atoms with Gasteiger partial charge >= 0.3 is 0 Å². The number of anilines is 2. The molecule has 1 saturated heterocycles. The molecule has 0 amide bonds. The fourth-order valence-corrected chi connectivity index (χ4v) is 2.76. The number of aromatic nitrogens is 2. The summed E-state index contributed by atoms with van der Waals surface area (Å²) in [6, 6.07) is 0.440. The summed E-state index contributed by atoms with van der Waals surface area (Å²) < 4.78 is 0. The molecule has 5 nitrogen and oxygen atoms in total. The molecule has 1 aromatic heterocycles. The maximum atomic E-state index is 6.09. The Kier molecular flexibility index (Phi) is 4.48. The van der Waals surface area contributed by atoms with Crippen LogP contribution in [0.15, 0.2) is 0 Å². The van der Waals surface area contributed by atoms with Crippen molar-refractivity contribution in [2.75, 3.05) is 37.3 Å². The molecule has 0 bridgehead atoms. The molecule has 0 aromatic carbocycles. The molecule has 0 spiro atoms. The van der Waals surface area contributed by atoms with Gasteiger partial charge in [-0.3, -0.25) is 0 Å². The van der Waals surface area contributed by atoms with Crippen LogP contribution in [0.2, 0.25) is 0 Å². The van der Waals surface area contributed by atoms with Crippen molar-refractivity contribution in [3.63, 3.8) is 0 Å². The highest BCUT2D eigenvalue weighted by Crippen LogP contribution is 2.27. The maximum Gasteiger partial charge on any atom is 0.137 e. The van der Waals surface area contributed by atoms with E-state index in [9.17, 15) is 0 Å². The van der Waals surface area contributed by atoms with E-state index in [1.54, 1.807) is 0 Å². The Morgan fingerprint density at radius 3 is 2.60 bits per heavy atom. The lowest BCUT2D eigenvalue weighted by molar-refractivity contribution is 0.337. The summed E-state index contributed by atoms with van der Waals surface area (Å²) in [5.74, 6) is 2.77. The summed E-state index contributed by atoms with van der Waals surface area (Å²) >= 11 is 0. The van der Waals surface area contributed by atoms with E-state index in [1.807, 2.05) is 6.92 Å². The van der Waals surface area contributed by atoms with E-state index in [0.717, 1.165) is 43.3 Å². The molecule has 20 heavy (non-hydrogen) atoms. The van der Waals surface area contributed by atoms with Gasteiger partial charge in [-0.25, -0.2) is 9.97 Å². The first-order valence-electron chi connectivity index (χ1n) is 7.49. The summed E-state index contributed by atoms with van der Waals surface area (Å²) in [7, 11) is 2.18. The summed E-state index contributed by atoms with van der Waals surface area (Å²) in [6.45, 7) is 11.7. The molecule has 1 aromatic rings. The van der Waals surface area contributed by atoms with Gasteiger partial charge in [-0.15, -0.1) is 0 Å². The molecule has 1 atom stereocenters. The third kappa shape index (κ3) is 3.03. The molecule has 2 heterocycles. The van der Waals surface area contributed by atoms with Gasteiger partial charge in [0.05, 0.1) is 0 Å². The Bertz CT molecular complexity index is 472. The van der Waals surface area contributed by atoms with Crippen LogP contribution in [0, 0.1) is 6.92 Å². The zero-order valence-electron chi connectivity index (χ0n) is 13.3. The summed E-state index contributed by atoms with van der Waals surface area (Å²) in [6.07, 6.45) is 1.15. The van der Waals surface area contributed by atoms with Crippen LogP contribution in [0.5, 0.6) is 0 Å². The molecule has 5 heteroatoms. The fraction of sp³-hybridized carbons (Fsp3) is 0.733. The lowest BCUT2D eigenvalue weighted by Gasteiger charge is -2.31. The molecule has 1 aliphatic heterocycles. The lowest BCUT2D eigenvalue weighted by Crippen LogP contribution is -2.39. The molecular formula is C15H27N5. The van der Waals surface area contributed by atoms with E-state index in [1.165, 1.54) is 0 Å². The average Bonchev–Trinajstić information content (AvgIpc) is 2.53. The van der Waals surface area contributed by atoms with E-state index >= 15 is 0 Å². The van der Waals surface area contributed by atoms with Crippen molar-refractivity contribution in [3.8, 4) is 0 Å². The third-order valence-electron chi connectivity index (χ3n) is 4.01. The van der Waals surface area contributed by atoms with Gasteiger partial charge in [0.1, 0.15) is 17.5 Å². The smallest absolute Gasteiger partial charge is 0.137 e. The normalized spacial score (nSPS) is 21.3. The summed E-state index contributed by atoms with van der Waals surface area (Å²) in [5, 5.41) is 0. The average molecular weight is 277 g/mol. The minimum Gasteiger partial charge on any atom is -0.383 e. The van der Waals surface area contributed by atoms with E-state index in [2.05, 4.69) is 42.6 Å². The number of likely N-dealkylation sites (N-methyl/N-ethyl adjacent to an activating group) is 1. The monoisotopic (exact) mass is 277 g/mol. The highest BCUT2D eigenvalue weighted by molar-refractivity contribution is 5.57. The van der Waals surface area contributed by atoms with Gasteiger partial charge < -0.3 is 15.5 Å². The SMILES string of the molecule is Cc1c(N)nc(C(C)C)nc1N1CCCN(C)CC1C. The van der Waals surface area contributed by atoms with Gasteiger partial charge in [0.25, 0.3) is 0 Å². The van der Waals surface area contributed by atoms with Crippen LogP contribution < -0.4 is 10.6 Å². The second-order valence-electron chi connectivity index (χ2n) is 6.23. The predicted octanol–water partition coefficient (Wildman–Crippen LogP) is 2.02. The van der Waals surface area contributed by atoms with Gasteiger partial charge in [-0.1, -0.05) is 13.8 Å². The summed E-state index contributed by atoms with van der Waals surface area (Å²) in [5.41, 5.74) is 7.09. The lowest BCUT2D eigenvalue weighted by atomic mass is 10.1. The van der Waals surface area contributed by atoms with Gasteiger partial charge in [0, 0.05) is 30.6 Å². The van der Waals surface area contributed by atoms with E-state index < -0.39 is 0 Å². The van der Waals surface area contributed by atoms with Crippen LogP contribution in [0.1, 0.15) is 44.5 Å². The van der Waals surface area contributed by atoms with Crippen LogP contribution in [0.25, 0.3) is 0 Å². The molecule has 0 saturated carbocycles. The fourth-order valence-electron chi connectivity index (χ4n) is 2.76. The Morgan fingerprint density at radius 2 is 1.95 bits per heavy atom. The zero-order valence-corrected chi connectivity index (χ0v) is 13.3. The quantitative estimate of drug-likeness (QED) is 0.896. The first kappa shape index (κ1) is 15.0. The van der Waals surface area contributed by atoms with Crippen LogP contribution in [0.3, 0.4) is 0 Å². The van der Waals surface area contributed by atoms with Crippen LogP contribution in [0.4, 0.5) is 11.6 Å². The Balaban J connectivity index is 2.39. The Morgan fingerprint density at radius 1 is 1.25 bits per heavy atom. The van der Waals surface area contributed by atoms with Gasteiger partial charge in [-0.05, 0) is 33.9 Å². The number of nitrogen functional groups attached to an aromatic ring is 1. The standard InChI is InChI=1S/C15H27N5/c1-10(2)14-17-13(16)12(4)15(18-14)20-8-6-7-19(5)9-11(20)3/h10-11H,6-9H2,1-5H3,(H2,16,17,18). The third-order valence-corrected chi connectivity index (χ3v) is 4.01. The van der Waals surface area contributed by atoms with Crippen LogP contribution >= 0.6 is 0 Å².